The molecule has 0 radical (unpaired) electrons. The lowest BCUT2D eigenvalue weighted by Gasteiger charge is -2.36. The van der Waals surface area contributed by atoms with Crippen LogP contribution in [-0.2, 0) is 37.3 Å². The predicted molar refractivity (Wildman–Crippen MR) is 150 cm³/mol. The first-order chi connectivity index (χ1) is 18.7. The average molecular weight is 544 g/mol. The van der Waals surface area contributed by atoms with Crippen molar-refractivity contribution >= 4 is 38.2 Å². The van der Waals surface area contributed by atoms with Gasteiger partial charge >= 0.3 is 0 Å². The van der Waals surface area contributed by atoms with Gasteiger partial charge in [-0.3, -0.25) is 9.78 Å². The Labute approximate surface area is 227 Å². The third-order valence-electron chi connectivity index (χ3n) is 6.95. The Morgan fingerprint density at radius 2 is 1.74 bits per heavy atom. The molecule has 39 heavy (non-hydrogen) atoms. The number of amides is 1. The van der Waals surface area contributed by atoms with Crippen LogP contribution in [0.25, 0.3) is 22.3 Å². The summed E-state index contributed by atoms with van der Waals surface area (Å²) in [7, 11) is -3.10. The molecule has 200 valence electrons. The molecule has 0 unspecified atom stereocenters. The Morgan fingerprint density at radius 1 is 0.974 bits per heavy atom. The quantitative estimate of drug-likeness (QED) is 0.403. The first-order valence-corrected chi connectivity index (χ1v) is 14.8. The van der Waals surface area contributed by atoms with Crippen LogP contribution in [0.5, 0.6) is 0 Å². The standard InChI is InChI=1S/C29H29N5O4S/c1-18-14-34(15-19(2)38-18)28-5-3-4-25(33-28)26-9-7-20-13-30-24(11-27(20)32-26)12-29(35)31-23-8-6-21-16-39(36,37)17-22(21)10-23/h3-11,13,18-19H,12,14-17H2,1-2H3,(H,31,35)/t18-,19+. The number of pyridine rings is 3. The molecule has 9 nitrogen and oxygen atoms in total. The monoisotopic (exact) mass is 543 g/mol. The van der Waals surface area contributed by atoms with Crippen molar-refractivity contribution in [2.45, 2.75) is 44.0 Å². The number of ether oxygens (including phenoxy) is 1. The molecule has 4 aromatic rings. The molecule has 0 aliphatic carbocycles. The number of nitrogens with zero attached hydrogens (tertiary/aromatic N) is 4. The van der Waals surface area contributed by atoms with Gasteiger partial charge in [-0.05, 0) is 67.4 Å². The third kappa shape index (κ3) is 5.62. The van der Waals surface area contributed by atoms with E-state index in [1.54, 1.807) is 24.4 Å². The van der Waals surface area contributed by atoms with E-state index in [9.17, 15) is 13.2 Å². The van der Waals surface area contributed by atoms with Crippen LogP contribution in [0.15, 0.2) is 60.8 Å². The molecule has 5 heterocycles. The van der Waals surface area contributed by atoms with E-state index in [-0.39, 0.29) is 36.0 Å². The topological polar surface area (TPSA) is 114 Å². The Balaban J connectivity index is 1.19. The average Bonchev–Trinajstić information content (AvgIpc) is 3.21. The maximum atomic E-state index is 12.8. The van der Waals surface area contributed by atoms with E-state index in [1.807, 2.05) is 36.4 Å². The Kier molecular flexibility index (Phi) is 6.52. The molecule has 1 aromatic carbocycles. The normalized spacial score (nSPS) is 20.1. The number of carbonyl (C=O) groups is 1. The largest absolute Gasteiger partial charge is 0.372 e. The molecule has 3 aromatic heterocycles. The maximum Gasteiger partial charge on any atom is 0.230 e. The Morgan fingerprint density at radius 3 is 2.56 bits per heavy atom. The molecule has 0 saturated carbocycles. The van der Waals surface area contributed by atoms with Crippen LogP contribution in [0.1, 0.15) is 30.7 Å². The van der Waals surface area contributed by atoms with Crippen LogP contribution in [0.2, 0.25) is 0 Å². The molecule has 2 atom stereocenters. The highest BCUT2D eigenvalue weighted by Crippen LogP contribution is 2.28. The second kappa shape index (κ2) is 10.0. The van der Waals surface area contributed by atoms with Gasteiger partial charge in [-0.1, -0.05) is 12.1 Å². The number of nitrogens with one attached hydrogen (secondary N) is 1. The summed E-state index contributed by atoms with van der Waals surface area (Å²) < 4.78 is 29.6. The van der Waals surface area contributed by atoms with Crippen LogP contribution in [-0.4, -0.2) is 54.6 Å². The van der Waals surface area contributed by atoms with Gasteiger partial charge in [-0.25, -0.2) is 18.4 Å². The van der Waals surface area contributed by atoms with E-state index < -0.39 is 9.84 Å². The van der Waals surface area contributed by atoms with E-state index in [4.69, 9.17) is 14.7 Å². The van der Waals surface area contributed by atoms with Crippen LogP contribution >= 0.6 is 0 Å². The summed E-state index contributed by atoms with van der Waals surface area (Å²) in [4.78, 5) is 29.2. The number of morpholine rings is 1. The first-order valence-electron chi connectivity index (χ1n) is 13.0. The lowest BCUT2D eigenvalue weighted by Crippen LogP contribution is -2.45. The Hall–Kier alpha value is -3.89. The molecule has 1 amide bonds. The molecular formula is C29H29N5O4S. The van der Waals surface area contributed by atoms with E-state index in [0.29, 0.717) is 11.4 Å². The summed E-state index contributed by atoms with van der Waals surface area (Å²) in [5.74, 6) is 0.724. The second-order valence-electron chi connectivity index (χ2n) is 10.3. The van der Waals surface area contributed by atoms with E-state index in [2.05, 4.69) is 29.0 Å². The summed E-state index contributed by atoms with van der Waals surface area (Å²) in [6.07, 6.45) is 2.06. The molecule has 1 N–H and O–H groups in total. The van der Waals surface area contributed by atoms with E-state index in [1.165, 1.54) is 0 Å². The fourth-order valence-corrected chi connectivity index (χ4v) is 6.88. The van der Waals surface area contributed by atoms with Gasteiger partial charge in [-0.15, -0.1) is 0 Å². The highest BCUT2D eigenvalue weighted by Gasteiger charge is 2.25. The SMILES string of the molecule is C[C@@H]1CN(c2cccc(-c3ccc4cnc(CC(=O)Nc5ccc6c(c5)CS(=O)(=O)C6)cc4n3)n2)C[C@H](C)O1. The van der Waals surface area contributed by atoms with Crippen molar-refractivity contribution in [3.63, 3.8) is 0 Å². The molecule has 1 fully saturated rings. The number of hydrogen-bond acceptors (Lipinski definition) is 8. The molecule has 0 bridgehead atoms. The van der Waals surface area contributed by atoms with Crippen LogP contribution in [0.3, 0.4) is 0 Å². The van der Waals surface area contributed by atoms with Crippen molar-refractivity contribution in [3.8, 4) is 11.4 Å². The van der Waals surface area contributed by atoms with Crippen molar-refractivity contribution in [2.75, 3.05) is 23.3 Å². The molecule has 6 rings (SSSR count). The van der Waals surface area contributed by atoms with Gasteiger partial charge in [0.1, 0.15) is 5.82 Å². The Bertz CT molecular complexity index is 1680. The van der Waals surface area contributed by atoms with Gasteiger partial charge in [-0.2, -0.15) is 0 Å². The summed E-state index contributed by atoms with van der Waals surface area (Å²) in [5, 5.41) is 3.73. The van der Waals surface area contributed by atoms with Crippen LogP contribution < -0.4 is 10.2 Å². The van der Waals surface area contributed by atoms with Crippen LogP contribution in [0.4, 0.5) is 11.5 Å². The van der Waals surface area contributed by atoms with Crippen molar-refractivity contribution in [3.05, 3.63) is 77.6 Å². The van der Waals surface area contributed by atoms with Gasteiger partial charge in [0.05, 0.1) is 52.7 Å². The minimum atomic E-state index is -3.10. The highest BCUT2D eigenvalue weighted by atomic mass is 32.2. The lowest BCUT2D eigenvalue weighted by atomic mass is 10.1. The zero-order valence-corrected chi connectivity index (χ0v) is 22.6. The molecule has 1 saturated heterocycles. The predicted octanol–water partition coefficient (Wildman–Crippen LogP) is 3.92. The number of sulfone groups is 1. The zero-order chi connectivity index (χ0) is 27.1. The minimum Gasteiger partial charge on any atom is -0.372 e. The van der Waals surface area contributed by atoms with Crippen molar-refractivity contribution in [1.29, 1.82) is 0 Å². The molecule has 0 spiro atoms. The lowest BCUT2D eigenvalue weighted by molar-refractivity contribution is -0.115. The molecule has 2 aliphatic rings. The van der Waals surface area contributed by atoms with Gasteiger partial charge in [0.25, 0.3) is 0 Å². The maximum absolute atomic E-state index is 12.8. The van der Waals surface area contributed by atoms with Gasteiger partial charge in [0.15, 0.2) is 9.84 Å². The summed E-state index contributed by atoms with van der Waals surface area (Å²) >= 11 is 0. The summed E-state index contributed by atoms with van der Waals surface area (Å²) in [6, 6.07) is 16.9. The number of carbonyl (C=O) groups excluding carboxylic acids is 1. The van der Waals surface area contributed by atoms with E-state index in [0.717, 1.165) is 52.3 Å². The summed E-state index contributed by atoms with van der Waals surface area (Å²) in [6.45, 7) is 5.71. The van der Waals surface area contributed by atoms with Crippen molar-refractivity contribution in [2.24, 2.45) is 0 Å². The third-order valence-corrected chi connectivity index (χ3v) is 8.45. The number of aromatic nitrogens is 3. The molecule has 10 heteroatoms. The van der Waals surface area contributed by atoms with Crippen molar-refractivity contribution < 1.29 is 17.9 Å². The smallest absolute Gasteiger partial charge is 0.230 e. The second-order valence-corrected chi connectivity index (χ2v) is 12.4. The van der Waals surface area contributed by atoms with E-state index >= 15 is 0 Å². The van der Waals surface area contributed by atoms with Gasteiger partial charge in [0, 0.05) is 30.4 Å². The highest BCUT2D eigenvalue weighted by molar-refractivity contribution is 7.90. The molecular weight excluding hydrogens is 514 g/mol. The first kappa shape index (κ1) is 25.4. The van der Waals surface area contributed by atoms with Crippen molar-refractivity contribution in [1.82, 2.24) is 15.0 Å². The number of hydrogen-bond donors (Lipinski definition) is 1. The van der Waals surface area contributed by atoms with Crippen LogP contribution in [0, 0.1) is 0 Å². The van der Waals surface area contributed by atoms with Gasteiger partial charge < -0.3 is 15.0 Å². The fraction of sp³-hybridized carbons (Fsp3) is 0.310. The number of benzene rings is 1. The molecule has 2 aliphatic heterocycles. The number of anilines is 2. The number of fused-ring (bicyclic) bond motifs is 2. The number of rotatable bonds is 5. The van der Waals surface area contributed by atoms with Gasteiger partial charge in [0.2, 0.25) is 5.91 Å². The summed E-state index contributed by atoms with van der Waals surface area (Å²) in [5.41, 5.74) is 4.94. The fourth-order valence-electron chi connectivity index (χ4n) is 5.28. The zero-order valence-electron chi connectivity index (χ0n) is 21.8. The minimum absolute atomic E-state index is 0.00866.